The Balaban J connectivity index is 2.11. The fraction of sp³-hybridized carbons (Fsp3) is 0.600. The number of nitro groups is 1. The van der Waals surface area contributed by atoms with Gasteiger partial charge in [-0.3, -0.25) is 10.1 Å². The zero-order chi connectivity index (χ0) is 12.4. The van der Waals surface area contributed by atoms with Crippen LogP contribution in [0.25, 0.3) is 0 Å². The topological polar surface area (TPSA) is 81.0 Å². The summed E-state index contributed by atoms with van der Waals surface area (Å²) in [5.74, 6) is 0.942. The summed E-state index contributed by atoms with van der Waals surface area (Å²) >= 11 is 5.64. The minimum absolute atomic E-state index is 0.0109. The van der Waals surface area contributed by atoms with Gasteiger partial charge < -0.3 is 5.32 Å². The van der Waals surface area contributed by atoms with Crippen LogP contribution in [0.15, 0.2) is 6.20 Å². The second kappa shape index (κ2) is 4.83. The van der Waals surface area contributed by atoms with Gasteiger partial charge in [0, 0.05) is 6.04 Å². The van der Waals surface area contributed by atoms with Gasteiger partial charge in [-0.25, -0.2) is 4.98 Å². The van der Waals surface area contributed by atoms with Crippen LogP contribution in [0.5, 0.6) is 0 Å². The van der Waals surface area contributed by atoms with Gasteiger partial charge in [-0.05, 0) is 30.9 Å². The molecule has 1 N–H and O–H groups in total. The van der Waals surface area contributed by atoms with Crippen LogP contribution in [0.2, 0.25) is 5.28 Å². The van der Waals surface area contributed by atoms with E-state index in [1.54, 1.807) is 0 Å². The highest BCUT2D eigenvalue weighted by Crippen LogP contribution is 2.34. The van der Waals surface area contributed by atoms with Crippen LogP contribution in [0, 0.1) is 16.0 Å². The summed E-state index contributed by atoms with van der Waals surface area (Å²) in [6, 6.07) is 0.146. The Morgan fingerprint density at radius 2 is 2.41 bits per heavy atom. The maximum absolute atomic E-state index is 10.8. The summed E-state index contributed by atoms with van der Waals surface area (Å²) < 4.78 is 0. The Hall–Kier alpha value is -1.43. The van der Waals surface area contributed by atoms with Crippen LogP contribution in [0.1, 0.15) is 26.2 Å². The number of nitrogens with zero attached hydrogens (tertiary/aromatic N) is 3. The molecule has 1 atom stereocenters. The van der Waals surface area contributed by atoms with Crippen molar-refractivity contribution in [2.24, 2.45) is 5.92 Å². The highest BCUT2D eigenvalue weighted by Gasteiger charge is 2.25. The zero-order valence-corrected chi connectivity index (χ0v) is 10.1. The normalized spacial score (nSPS) is 16.6. The van der Waals surface area contributed by atoms with Gasteiger partial charge in [0.1, 0.15) is 6.20 Å². The SMILES string of the molecule is CC(CC1CC1)Nc1nc(Cl)ncc1[N+](=O)[O-]. The average molecular weight is 257 g/mol. The van der Waals surface area contributed by atoms with E-state index in [1.807, 2.05) is 6.92 Å². The zero-order valence-electron chi connectivity index (χ0n) is 9.39. The molecule has 0 radical (unpaired) electrons. The minimum atomic E-state index is -0.511. The molecule has 7 heteroatoms. The van der Waals surface area contributed by atoms with E-state index < -0.39 is 4.92 Å². The highest BCUT2D eigenvalue weighted by molar-refractivity contribution is 6.28. The Morgan fingerprint density at radius 3 is 3.00 bits per heavy atom. The van der Waals surface area contributed by atoms with Crippen LogP contribution in [-0.4, -0.2) is 20.9 Å². The molecule has 2 rings (SSSR count). The van der Waals surface area contributed by atoms with Crippen molar-refractivity contribution in [2.45, 2.75) is 32.2 Å². The largest absolute Gasteiger partial charge is 0.362 e. The molecular weight excluding hydrogens is 244 g/mol. The smallest absolute Gasteiger partial charge is 0.329 e. The predicted octanol–water partition coefficient (Wildman–Crippen LogP) is 2.64. The molecule has 1 aromatic rings. The van der Waals surface area contributed by atoms with E-state index >= 15 is 0 Å². The summed E-state index contributed by atoms with van der Waals surface area (Å²) in [5.41, 5.74) is -0.142. The summed E-state index contributed by atoms with van der Waals surface area (Å²) in [6.45, 7) is 1.98. The van der Waals surface area contributed by atoms with Crippen LogP contribution in [0.3, 0.4) is 0 Å². The lowest BCUT2D eigenvalue weighted by atomic mass is 10.1. The van der Waals surface area contributed by atoms with Gasteiger partial charge in [0.2, 0.25) is 11.1 Å². The Bertz CT molecular complexity index is 436. The van der Waals surface area contributed by atoms with Gasteiger partial charge in [-0.15, -0.1) is 0 Å². The maximum Gasteiger partial charge on any atom is 0.329 e. The molecular formula is C10H13ClN4O2. The average Bonchev–Trinajstić information content (AvgIpc) is 3.00. The van der Waals surface area contributed by atoms with Crippen LogP contribution >= 0.6 is 11.6 Å². The first kappa shape index (κ1) is 12.0. The van der Waals surface area contributed by atoms with E-state index in [1.165, 1.54) is 12.8 Å². The molecule has 0 amide bonds. The molecule has 1 aromatic heterocycles. The van der Waals surface area contributed by atoms with Crippen molar-refractivity contribution in [3.05, 3.63) is 21.6 Å². The maximum atomic E-state index is 10.8. The first-order valence-electron chi connectivity index (χ1n) is 5.49. The Kier molecular flexibility index (Phi) is 3.42. The molecule has 0 bridgehead atoms. The molecule has 1 unspecified atom stereocenters. The number of rotatable bonds is 5. The molecule has 1 fully saturated rings. The van der Waals surface area contributed by atoms with Crippen molar-refractivity contribution in [3.8, 4) is 0 Å². The summed E-state index contributed by atoms with van der Waals surface area (Å²) in [6.07, 6.45) is 4.62. The third kappa shape index (κ3) is 3.26. The molecule has 0 aliphatic heterocycles. The Labute approximate surface area is 104 Å². The van der Waals surface area contributed by atoms with Gasteiger partial charge in [-0.2, -0.15) is 4.98 Å². The van der Waals surface area contributed by atoms with E-state index in [-0.39, 0.29) is 22.8 Å². The van der Waals surface area contributed by atoms with Gasteiger partial charge in [0.05, 0.1) is 4.92 Å². The van der Waals surface area contributed by atoms with Crippen molar-refractivity contribution < 1.29 is 4.92 Å². The quantitative estimate of drug-likeness (QED) is 0.498. The van der Waals surface area contributed by atoms with Crippen molar-refractivity contribution >= 4 is 23.1 Å². The van der Waals surface area contributed by atoms with Crippen molar-refractivity contribution in [3.63, 3.8) is 0 Å². The molecule has 1 aliphatic rings. The summed E-state index contributed by atoms with van der Waals surface area (Å²) in [7, 11) is 0. The molecule has 6 nitrogen and oxygen atoms in total. The summed E-state index contributed by atoms with van der Waals surface area (Å²) in [5, 5.41) is 13.8. The molecule has 0 aromatic carbocycles. The number of hydrogen-bond donors (Lipinski definition) is 1. The molecule has 1 saturated carbocycles. The third-order valence-electron chi connectivity index (χ3n) is 2.70. The van der Waals surface area contributed by atoms with E-state index in [0.717, 1.165) is 18.5 Å². The highest BCUT2D eigenvalue weighted by atomic mass is 35.5. The predicted molar refractivity (Wildman–Crippen MR) is 64.1 cm³/mol. The molecule has 1 heterocycles. The lowest BCUT2D eigenvalue weighted by Gasteiger charge is -2.13. The number of halogens is 1. The van der Waals surface area contributed by atoms with E-state index in [4.69, 9.17) is 11.6 Å². The number of aromatic nitrogens is 2. The molecule has 17 heavy (non-hydrogen) atoms. The van der Waals surface area contributed by atoms with E-state index in [0.29, 0.717) is 0 Å². The molecule has 0 spiro atoms. The van der Waals surface area contributed by atoms with Crippen molar-refractivity contribution in [1.29, 1.82) is 0 Å². The lowest BCUT2D eigenvalue weighted by Crippen LogP contribution is -2.18. The van der Waals surface area contributed by atoms with Gasteiger partial charge in [0.25, 0.3) is 0 Å². The number of anilines is 1. The second-order valence-corrected chi connectivity index (χ2v) is 4.69. The molecule has 1 aliphatic carbocycles. The standard InChI is InChI=1S/C10H13ClN4O2/c1-6(4-7-2-3-7)13-9-8(15(16)17)5-12-10(11)14-9/h5-7H,2-4H2,1H3,(H,12,13,14). The first-order valence-corrected chi connectivity index (χ1v) is 5.87. The fourth-order valence-electron chi connectivity index (χ4n) is 1.74. The minimum Gasteiger partial charge on any atom is -0.362 e. The first-order chi connectivity index (χ1) is 8.06. The molecule has 92 valence electrons. The van der Waals surface area contributed by atoms with Gasteiger partial charge in [-0.1, -0.05) is 12.8 Å². The summed E-state index contributed by atoms with van der Waals surface area (Å²) in [4.78, 5) is 17.8. The van der Waals surface area contributed by atoms with Crippen molar-refractivity contribution in [2.75, 3.05) is 5.32 Å². The molecule has 0 saturated heterocycles. The van der Waals surface area contributed by atoms with Crippen molar-refractivity contribution in [1.82, 2.24) is 9.97 Å². The van der Waals surface area contributed by atoms with Gasteiger partial charge >= 0.3 is 5.69 Å². The van der Waals surface area contributed by atoms with E-state index in [2.05, 4.69) is 15.3 Å². The van der Waals surface area contributed by atoms with Crippen LogP contribution in [0.4, 0.5) is 11.5 Å². The van der Waals surface area contributed by atoms with E-state index in [9.17, 15) is 10.1 Å². The number of hydrogen-bond acceptors (Lipinski definition) is 5. The Morgan fingerprint density at radius 1 is 1.71 bits per heavy atom. The van der Waals surface area contributed by atoms with Crippen LogP contribution in [-0.2, 0) is 0 Å². The monoisotopic (exact) mass is 256 g/mol. The second-order valence-electron chi connectivity index (χ2n) is 4.35. The fourth-order valence-corrected chi connectivity index (χ4v) is 1.87. The third-order valence-corrected chi connectivity index (χ3v) is 2.89. The lowest BCUT2D eigenvalue weighted by molar-refractivity contribution is -0.384. The van der Waals surface area contributed by atoms with Crippen LogP contribution < -0.4 is 5.32 Å². The number of nitrogens with one attached hydrogen (secondary N) is 1. The van der Waals surface area contributed by atoms with Gasteiger partial charge in [0.15, 0.2) is 0 Å².